The molecule has 14 heavy (non-hydrogen) atoms. The van der Waals surface area contributed by atoms with Gasteiger partial charge in [0.25, 0.3) is 0 Å². The van der Waals surface area contributed by atoms with Crippen molar-refractivity contribution in [3.8, 4) is 0 Å². The molecule has 1 heterocycles. The fourth-order valence-electron chi connectivity index (χ4n) is 1.40. The number of rotatable bonds is 2. The predicted octanol–water partition coefficient (Wildman–Crippen LogP) is 3.22. The van der Waals surface area contributed by atoms with Crippen LogP contribution in [0.25, 0.3) is 0 Å². The summed E-state index contributed by atoms with van der Waals surface area (Å²) in [4.78, 5) is 8.67. The van der Waals surface area contributed by atoms with Gasteiger partial charge in [-0.25, -0.2) is 0 Å². The predicted molar refractivity (Wildman–Crippen MR) is 62.8 cm³/mol. The summed E-state index contributed by atoms with van der Waals surface area (Å²) in [6, 6.07) is 0. The Bertz CT molecular complexity index is 272. The second-order valence-corrected chi connectivity index (χ2v) is 4.05. The average molecular weight is 190 g/mol. The molecule has 0 N–H and O–H groups in total. The normalized spacial score (nSPS) is 16.7. The highest BCUT2D eigenvalue weighted by molar-refractivity contribution is 6.02. The Balaban J connectivity index is 3.06. The second-order valence-electron chi connectivity index (χ2n) is 4.05. The second kappa shape index (κ2) is 4.89. The number of hydrogen-bond acceptors (Lipinski definition) is 2. The summed E-state index contributed by atoms with van der Waals surface area (Å²) in [5.74, 6) is 0.918. The minimum Gasteiger partial charge on any atom is -0.264 e. The molecule has 0 saturated carbocycles. The monoisotopic (exact) mass is 190 g/mol. The molecule has 2 nitrogen and oxygen atoms in total. The van der Waals surface area contributed by atoms with E-state index in [9.17, 15) is 0 Å². The zero-order valence-corrected chi connectivity index (χ0v) is 9.36. The van der Waals surface area contributed by atoms with Crippen LogP contribution in [-0.4, -0.2) is 11.9 Å². The lowest BCUT2D eigenvalue weighted by molar-refractivity contribution is 0.771. The molecule has 2 heteroatoms. The first-order valence-electron chi connectivity index (χ1n) is 5.09. The zero-order chi connectivity index (χ0) is 10.6. The summed E-state index contributed by atoms with van der Waals surface area (Å²) >= 11 is 0. The fourth-order valence-corrected chi connectivity index (χ4v) is 1.40. The van der Waals surface area contributed by atoms with Crippen LogP contribution in [0.1, 0.15) is 27.7 Å². The standard InChI is InChI=1S/C12H18N2/c1-9(2)11-8-13-6-5-7-14-12(11)10(3)4/h5-10H,1-4H3. The molecular weight excluding hydrogens is 172 g/mol. The van der Waals surface area contributed by atoms with Crippen molar-refractivity contribution in [2.45, 2.75) is 27.7 Å². The molecule has 0 aromatic rings. The third-order valence-electron chi connectivity index (χ3n) is 2.15. The van der Waals surface area contributed by atoms with Crippen molar-refractivity contribution in [1.29, 1.82) is 0 Å². The summed E-state index contributed by atoms with van der Waals surface area (Å²) in [5.41, 5.74) is 2.38. The van der Waals surface area contributed by atoms with Gasteiger partial charge < -0.3 is 0 Å². The molecule has 0 bridgehead atoms. The van der Waals surface area contributed by atoms with Crippen molar-refractivity contribution >= 4 is 11.9 Å². The molecular formula is C12H18N2. The number of aliphatic imine (C=N–C) groups is 2. The first-order chi connectivity index (χ1) is 6.63. The van der Waals surface area contributed by atoms with Gasteiger partial charge in [0.05, 0.1) is 0 Å². The first kappa shape index (κ1) is 10.9. The van der Waals surface area contributed by atoms with E-state index in [-0.39, 0.29) is 0 Å². The third-order valence-corrected chi connectivity index (χ3v) is 2.15. The molecule has 0 aliphatic carbocycles. The van der Waals surface area contributed by atoms with E-state index in [1.807, 2.05) is 18.5 Å². The number of allylic oxidation sites excluding steroid dienone is 2. The van der Waals surface area contributed by atoms with E-state index in [0.717, 1.165) is 5.71 Å². The minimum atomic E-state index is 0.446. The smallest absolute Gasteiger partial charge is 0.0478 e. The lowest BCUT2D eigenvalue weighted by Gasteiger charge is -2.16. The molecule has 0 saturated heterocycles. The van der Waals surface area contributed by atoms with E-state index in [4.69, 9.17) is 0 Å². The molecule has 0 aromatic heterocycles. The third kappa shape index (κ3) is 2.66. The van der Waals surface area contributed by atoms with E-state index in [1.165, 1.54) is 5.57 Å². The summed E-state index contributed by atoms with van der Waals surface area (Å²) in [5, 5.41) is 0. The van der Waals surface area contributed by atoms with E-state index >= 15 is 0 Å². The Labute approximate surface area is 86.2 Å². The van der Waals surface area contributed by atoms with E-state index in [2.05, 4.69) is 37.7 Å². The Kier molecular flexibility index (Phi) is 3.81. The lowest BCUT2D eigenvalue weighted by Crippen LogP contribution is -2.15. The zero-order valence-electron chi connectivity index (χ0n) is 9.36. The van der Waals surface area contributed by atoms with Gasteiger partial charge in [0.2, 0.25) is 0 Å². The van der Waals surface area contributed by atoms with Crippen LogP contribution in [-0.2, 0) is 0 Å². The van der Waals surface area contributed by atoms with Gasteiger partial charge in [-0.1, -0.05) is 27.7 Å². The highest BCUT2D eigenvalue weighted by atomic mass is 14.8. The fraction of sp³-hybridized carbons (Fsp3) is 0.500. The topological polar surface area (TPSA) is 24.7 Å². The maximum absolute atomic E-state index is 4.46. The molecule has 76 valence electrons. The molecule has 0 radical (unpaired) electrons. The molecule has 1 aliphatic rings. The van der Waals surface area contributed by atoms with Crippen LogP contribution in [0.15, 0.2) is 34.0 Å². The largest absolute Gasteiger partial charge is 0.264 e. The summed E-state index contributed by atoms with van der Waals surface area (Å²) in [7, 11) is 0. The molecule has 0 atom stereocenters. The van der Waals surface area contributed by atoms with Crippen molar-refractivity contribution in [2.24, 2.45) is 21.8 Å². The lowest BCUT2D eigenvalue weighted by atomic mass is 9.92. The van der Waals surface area contributed by atoms with Crippen LogP contribution in [0.2, 0.25) is 0 Å². The van der Waals surface area contributed by atoms with Crippen molar-refractivity contribution in [2.75, 3.05) is 0 Å². The quantitative estimate of drug-likeness (QED) is 0.638. The minimum absolute atomic E-state index is 0.446. The van der Waals surface area contributed by atoms with Crippen LogP contribution < -0.4 is 0 Å². The van der Waals surface area contributed by atoms with Crippen LogP contribution in [0.5, 0.6) is 0 Å². The van der Waals surface area contributed by atoms with Gasteiger partial charge in [-0.2, -0.15) is 0 Å². The van der Waals surface area contributed by atoms with Crippen LogP contribution in [0.4, 0.5) is 0 Å². The van der Waals surface area contributed by atoms with Crippen molar-refractivity contribution < 1.29 is 0 Å². The van der Waals surface area contributed by atoms with Crippen LogP contribution >= 0.6 is 0 Å². The molecule has 0 fully saturated rings. The molecule has 0 aromatic carbocycles. The van der Waals surface area contributed by atoms with Gasteiger partial charge in [-0.15, -0.1) is 0 Å². The van der Waals surface area contributed by atoms with Gasteiger partial charge in [-0.05, 0) is 23.5 Å². The Hall–Kier alpha value is -1.18. The van der Waals surface area contributed by atoms with E-state index < -0.39 is 0 Å². The SMILES string of the molecule is CC(C)C1=CN=CC=CN=C1C(C)C. The van der Waals surface area contributed by atoms with Gasteiger partial charge in [0.15, 0.2) is 0 Å². The highest BCUT2D eigenvalue weighted by Crippen LogP contribution is 2.18. The van der Waals surface area contributed by atoms with Gasteiger partial charge in [0.1, 0.15) is 0 Å². The van der Waals surface area contributed by atoms with Gasteiger partial charge in [-0.3, -0.25) is 9.98 Å². The van der Waals surface area contributed by atoms with E-state index in [0.29, 0.717) is 11.8 Å². The van der Waals surface area contributed by atoms with Crippen molar-refractivity contribution in [1.82, 2.24) is 0 Å². The highest BCUT2D eigenvalue weighted by Gasteiger charge is 2.14. The molecule has 1 rings (SSSR count). The van der Waals surface area contributed by atoms with Gasteiger partial charge in [0, 0.05) is 24.3 Å². The Morgan fingerprint density at radius 1 is 1.07 bits per heavy atom. The van der Waals surface area contributed by atoms with E-state index in [1.54, 1.807) is 6.21 Å². The van der Waals surface area contributed by atoms with Crippen molar-refractivity contribution in [3.05, 3.63) is 24.0 Å². The summed E-state index contributed by atoms with van der Waals surface area (Å²) in [6.45, 7) is 8.66. The maximum atomic E-state index is 4.46. The Morgan fingerprint density at radius 2 is 1.79 bits per heavy atom. The summed E-state index contributed by atoms with van der Waals surface area (Å²) in [6.07, 6.45) is 7.36. The number of hydrogen-bond donors (Lipinski definition) is 0. The van der Waals surface area contributed by atoms with Crippen LogP contribution in [0.3, 0.4) is 0 Å². The van der Waals surface area contributed by atoms with Crippen LogP contribution in [0, 0.1) is 11.8 Å². The Morgan fingerprint density at radius 3 is 2.36 bits per heavy atom. The van der Waals surface area contributed by atoms with Crippen molar-refractivity contribution in [3.63, 3.8) is 0 Å². The molecule has 1 aliphatic heterocycles. The molecule has 0 spiro atoms. The first-order valence-corrected chi connectivity index (χ1v) is 5.09. The molecule has 0 unspecified atom stereocenters. The summed E-state index contributed by atoms with van der Waals surface area (Å²) < 4.78 is 0. The maximum Gasteiger partial charge on any atom is 0.0478 e. The average Bonchev–Trinajstić information content (AvgIpc) is 2.01. The molecule has 0 amide bonds. The van der Waals surface area contributed by atoms with Gasteiger partial charge >= 0.3 is 0 Å². The number of nitrogens with zero attached hydrogens (tertiary/aromatic N) is 2.